The second-order valence-corrected chi connectivity index (χ2v) is 10.2. The Labute approximate surface area is 222 Å². The molecule has 0 unspecified atom stereocenters. The molecule has 3 fully saturated rings. The monoisotopic (exact) mass is 509 g/mol. The number of benzene rings is 1. The number of rotatable bonds is 7. The van der Waals surface area contributed by atoms with E-state index in [2.05, 4.69) is 50.2 Å². The molecule has 0 bridgehead atoms. The van der Waals surface area contributed by atoms with Gasteiger partial charge in [-0.05, 0) is 35.9 Å². The summed E-state index contributed by atoms with van der Waals surface area (Å²) in [5.74, 6) is 0.795. The number of piperazine rings is 1. The quantitative estimate of drug-likeness (QED) is 0.376. The van der Waals surface area contributed by atoms with E-state index >= 15 is 0 Å². The van der Waals surface area contributed by atoms with Gasteiger partial charge in [0.15, 0.2) is 0 Å². The second-order valence-electron chi connectivity index (χ2n) is 10.2. The molecule has 9 nitrogen and oxygen atoms in total. The molecular formula is C29H31N7O2. The van der Waals surface area contributed by atoms with Crippen LogP contribution in [0.1, 0.15) is 17.4 Å². The van der Waals surface area contributed by atoms with Gasteiger partial charge >= 0.3 is 0 Å². The Bertz CT molecular complexity index is 1380. The Morgan fingerprint density at radius 2 is 1.63 bits per heavy atom. The van der Waals surface area contributed by atoms with Gasteiger partial charge in [-0.15, -0.1) is 0 Å². The number of pyridine rings is 1. The maximum Gasteiger partial charge on any atom is 0.133 e. The van der Waals surface area contributed by atoms with E-state index in [1.54, 1.807) is 6.20 Å². The summed E-state index contributed by atoms with van der Waals surface area (Å²) in [6.07, 6.45) is 8.22. The average molecular weight is 510 g/mol. The van der Waals surface area contributed by atoms with Gasteiger partial charge in [-0.25, -0.2) is 9.97 Å². The lowest BCUT2D eigenvalue weighted by Gasteiger charge is -2.43. The zero-order valence-corrected chi connectivity index (χ0v) is 21.3. The first-order chi connectivity index (χ1) is 18.8. The molecule has 0 amide bonds. The Hall–Kier alpha value is -3.66. The fourth-order valence-electron chi connectivity index (χ4n) is 5.28. The molecule has 0 spiro atoms. The lowest BCUT2D eigenvalue weighted by Crippen LogP contribution is -2.56. The number of anilines is 1. The standard InChI is InChI=1S/C29H31N7O2/c1-2-22(15-30-8-1)29-26(16-36(33-29)25-19-38-20-25)27-7-9-31-28(32-27)14-21-3-5-23(6-4-21)34-10-12-35(13-11-34)24-17-37-18-24/h1-9,15-16,24-25H,10-14,17-20H2. The van der Waals surface area contributed by atoms with Crippen molar-refractivity contribution in [1.82, 2.24) is 29.6 Å². The van der Waals surface area contributed by atoms with Gasteiger partial charge in [-0.1, -0.05) is 12.1 Å². The lowest BCUT2D eigenvalue weighted by atomic mass is 10.1. The molecule has 1 aromatic carbocycles. The second kappa shape index (κ2) is 10.2. The van der Waals surface area contributed by atoms with Crippen LogP contribution in [-0.2, 0) is 15.9 Å². The molecule has 3 saturated heterocycles. The van der Waals surface area contributed by atoms with Crippen LogP contribution in [0.2, 0.25) is 0 Å². The first-order valence-electron chi connectivity index (χ1n) is 13.4. The molecule has 3 aliphatic heterocycles. The topological polar surface area (TPSA) is 81.4 Å². The minimum Gasteiger partial charge on any atom is -0.378 e. The van der Waals surface area contributed by atoms with E-state index in [4.69, 9.17) is 19.6 Å². The van der Waals surface area contributed by atoms with Crippen molar-refractivity contribution in [1.29, 1.82) is 0 Å². The Morgan fingerprint density at radius 1 is 0.842 bits per heavy atom. The summed E-state index contributed by atoms with van der Waals surface area (Å²) in [6.45, 7) is 7.46. The first kappa shape index (κ1) is 23.5. The van der Waals surface area contributed by atoms with E-state index in [0.29, 0.717) is 25.7 Å². The van der Waals surface area contributed by atoms with E-state index in [0.717, 1.165) is 67.7 Å². The summed E-state index contributed by atoms with van der Waals surface area (Å²) in [6, 6.07) is 15.7. The van der Waals surface area contributed by atoms with Gasteiger partial charge in [-0.2, -0.15) is 5.10 Å². The van der Waals surface area contributed by atoms with Crippen LogP contribution in [0.15, 0.2) is 67.3 Å². The van der Waals surface area contributed by atoms with Crippen LogP contribution in [-0.4, -0.2) is 88.3 Å². The Morgan fingerprint density at radius 3 is 2.32 bits per heavy atom. The molecule has 0 saturated carbocycles. The molecule has 6 heterocycles. The van der Waals surface area contributed by atoms with Crippen LogP contribution in [0.4, 0.5) is 5.69 Å². The number of nitrogens with zero attached hydrogens (tertiary/aromatic N) is 7. The van der Waals surface area contributed by atoms with E-state index in [9.17, 15) is 0 Å². The summed E-state index contributed by atoms with van der Waals surface area (Å²) in [7, 11) is 0. The van der Waals surface area contributed by atoms with Crippen molar-refractivity contribution in [2.75, 3.05) is 57.5 Å². The number of hydrogen-bond donors (Lipinski definition) is 0. The van der Waals surface area contributed by atoms with E-state index in [-0.39, 0.29) is 6.04 Å². The third-order valence-corrected chi connectivity index (χ3v) is 7.76. The fourth-order valence-corrected chi connectivity index (χ4v) is 5.28. The molecule has 0 N–H and O–H groups in total. The number of hydrogen-bond acceptors (Lipinski definition) is 8. The first-order valence-corrected chi connectivity index (χ1v) is 13.4. The predicted molar refractivity (Wildman–Crippen MR) is 144 cm³/mol. The summed E-state index contributed by atoms with van der Waals surface area (Å²) >= 11 is 0. The molecule has 3 aromatic heterocycles. The molecule has 38 heavy (non-hydrogen) atoms. The molecule has 4 aromatic rings. The molecule has 3 aliphatic rings. The highest BCUT2D eigenvalue weighted by Crippen LogP contribution is 2.32. The van der Waals surface area contributed by atoms with Gasteiger partial charge in [0.2, 0.25) is 0 Å². The van der Waals surface area contributed by atoms with Crippen LogP contribution < -0.4 is 4.90 Å². The largest absolute Gasteiger partial charge is 0.378 e. The van der Waals surface area contributed by atoms with Crippen LogP contribution in [0.3, 0.4) is 0 Å². The molecule has 194 valence electrons. The van der Waals surface area contributed by atoms with Crippen molar-refractivity contribution >= 4 is 5.69 Å². The average Bonchev–Trinajstić information content (AvgIpc) is 3.33. The van der Waals surface area contributed by atoms with Gasteiger partial charge in [0.1, 0.15) is 11.5 Å². The Balaban J connectivity index is 1.07. The maximum atomic E-state index is 5.39. The van der Waals surface area contributed by atoms with Crippen LogP contribution in [0.5, 0.6) is 0 Å². The number of aromatic nitrogens is 5. The molecule has 0 aliphatic carbocycles. The predicted octanol–water partition coefficient (Wildman–Crippen LogP) is 3.09. The van der Waals surface area contributed by atoms with Crippen molar-refractivity contribution in [3.8, 4) is 22.5 Å². The summed E-state index contributed by atoms with van der Waals surface area (Å²) in [4.78, 5) is 18.9. The smallest absolute Gasteiger partial charge is 0.133 e. The van der Waals surface area contributed by atoms with Crippen molar-refractivity contribution in [3.63, 3.8) is 0 Å². The van der Waals surface area contributed by atoms with Crippen LogP contribution >= 0.6 is 0 Å². The summed E-state index contributed by atoms with van der Waals surface area (Å²) in [5.41, 5.74) is 6.18. The Kier molecular flexibility index (Phi) is 6.32. The summed E-state index contributed by atoms with van der Waals surface area (Å²) < 4.78 is 12.8. The molecule has 9 heteroatoms. The van der Waals surface area contributed by atoms with E-state index < -0.39 is 0 Å². The highest BCUT2D eigenvalue weighted by Gasteiger charge is 2.29. The maximum absolute atomic E-state index is 5.39. The van der Waals surface area contributed by atoms with Gasteiger partial charge in [0, 0.05) is 74.2 Å². The van der Waals surface area contributed by atoms with Gasteiger partial charge in [-0.3, -0.25) is 14.6 Å². The third-order valence-electron chi connectivity index (χ3n) is 7.76. The van der Waals surface area contributed by atoms with E-state index in [1.165, 1.54) is 11.3 Å². The molecular weight excluding hydrogens is 478 g/mol. The highest BCUT2D eigenvalue weighted by molar-refractivity contribution is 5.78. The van der Waals surface area contributed by atoms with Crippen molar-refractivity contribution in [3.05, 3.63) is 78.6 Å². The van der Waals surface area contributed by atoms with Gasteiger partial charge in [0.25, 0.3) is 0 Å². The zero-order valence-electron chi connectivity index (χ0n) is 21.3. The van der Waals surface area contributed by atoms with E-state index in [1.807, 2.05) is 35.3 Å². The molecule has 7 rings (SSSR count). The fraction of sp³-hybridized carbons (Fsp3) is 0.379. The minimum absolute atomic E-state index is 0.259. The number of ether oxygens (including phenoxy) is 2. The lowest BCUT2D eigenvalue weighted by molar-refractivity contribution is -0.0660. The van der Waals surface area contributed by atoms with Gasteiger partial charge < -0.3 is 14.4 Å². The van der Waals surface area contributed by atoms with Gasteiger partial charge in [0.05, 0.1) is 44.2 Å². The zero-order chi connectivity index (χ0) is 25.3. The third kappa shape index (κ3) is 4.69. The van der Waals surface area contributed by atoms with Crippen LogP contribution in [0.25, 0.3) is 22.5 Å². The minimum atomic E-state index is 0.259. The molecule has 0 radical (unpaired) electrons. The summed E-state index contributed by atoms with van der Waals surface area (Å²) in [5, 5.41) is 4.89. The highest BCUT2D eigenvalue weighted by atomic mass is 16.5. The van der Waals surface area contributed by atoms with Crippen molar-refractivity contribution < 1.29 is 9.47 Å². The van der Waals surface area contributed by atoms with Crippen molar-refractivity contribution in [2.45, 2.75) is 18.5 Å². The van der Waals surface area contributed by atoms with Crippen LogP contribution in [0, 0.1) is 0 Å². The van der Waals surface area contributed by atoms with Crippen molar-refractivity contribution in [2.24, 2.45) is 0 Å². The SMILES string of the molecule is c1cncc(-c2nn(C3COC3)cc2-c2ccnc(Cc3ccc(N4CCN(C5COC5)CC4)cc3)n2)c1. The molecule has 0 atom stereocenters. The normalized spacial score (nSPS) is 18.8.